The highest BCUT2D eigenvalue weighted by Crippen LogP contribution is 2.20. The number of halogens is 2. The van der Waals surface area contributed by atoms with E-state index in [-0.39, 0.29) is 12.5 Å². The fourth-order valence-electron chi connectivity index (χ4n) is 1.56. The molecule has 0 aliphatic heterocycles. The number of amides is 1. The third-order valence-electron chi connectivity index (χ3n) is 2.52. The lowest BCUT2D eigenvalue weighted by molar-refractivity contribution is 0.0959. The van der Waals surface area contributed by atoms with Crippen molar-refractivity contribution < 1.29 is 4.79 Å². The second-order valence-electron chi connectivity index (χ2n) is 3.97. The minimum absolute atomic E-state index is 0.257. The summed E-state index contributed by atoms with van der Waals surface area (Å²) < 4.78 is 0. The van der Waals surface area contributed by atoms with E-state index in [1.54, 1.807) is 12.1 Å². The molecular formula is C16H11Cl2NO. The molecule has 0 aliphatic carbocycles. The second kappa shape index (κ2) is 7.00. The van der Waals surface area contributed by atoms with Crippen LogP contribution in [0.25, 0.3) is 0 Å². The summed E-state index contributed by atoms with van der Waals surface area (Å²) in [6.07, 6.45) is 0. The summed E-state index contributed by atoms with van der Waals surface area (Å²) in [4.78, 5) is 11.9. The van der Waals surface area contributed by atoms with Gasteiger partial charge >= 0.3 is 0 Å². The van der Waals surface area contributed by atoms with Crippen molar-refractivity contribution in [2.75, 3.05) is 6.54 Å². The Morgan fingerprint density at radius 3 is 2.55 bits per heavy atom. The number of rotatable bonds is 2. The van der Waals surface area contributed by atoms with Gasteiger partial charge in [-0.05, 0) is 30.3 Å². The zero-order valence-corrected chi connectivity index (χ0v) is 12.0. The highest BCUT2D eigenvalue weighted by atomic mass is 35.5. The van der Waals surface area contributed by atoms with E-state index in [2.05, 4.69) is 17.2 Å². The highest BCUT2D eigenvalue weighted by Gasteiger charge is 2.09. The smallest absolute Gasteiger partial charge is 0.253 e. The standard InChI is InChI=1S/C16H11Cl2NO/c17-13-8-9-14(15(18)11-13)16(20)19-10-4-7-12-5-2-1-3-6-12/h1-3,5-6,8-9,11H,10H2,(H,19,20). The zero-order valence-electron chi connectivity index (χ0n) is 10.5. The summed E-state index contributed by atoms with van der Waals surface area (Å²) in [5, 5.41) is 3.51. The van der Waals surface area contributed by atoms with Gasteiger partial charge in [0.1, 0.15) is 0 Å². The number of nitrogens with one attached hydrogen (secondary N) is 1. The van der Waals surface area contributed by atoms with Gasteiger partial charge < -0.3 is 5.32 Å². The topological polar surface area (TPSA) is 29.1 Å². The average molecular weight is 304 g/mol. The third kappa shape index (κ3) is 4.03. The summed E-state index contributed by atoms with van der Waals surface area (Å²) in [5.74, 6) is 5.57. The maximum Gasteiger partial charge on any atom is 0.253 e. The molecule has 0 spiro atoms. The van der Waals surface area contributed by atoms with Gasteiger partial charge in [0.25, 0.3) is 5.91 Å². The fraction of sp³-hybridized carbons (Fsp3) is 0.0625. The molecule has 0 unspecified atom stereocenters. The van der Waals surface area contributed by atoms with Crippen LogP contribution in [0.4, 0.5) is 0 Å². The van der Waals surface area contributed by atoms with Crippen LogP contribution in [0.2, 0.25) is 10.0 Å². The minimum atomic E-state index is -0.269. The fourth-order valence-corrected chi connectivity index (χ4v) is 2.06. The molecule has 2 rings (SSSR count). The molecule has 0 heterocycles. The monoisotopic (exact) mass is 303 g/mol. The molecule has 0 saturated carbocycles. The molecule has 20 heavy (non-hydrogen) atoms. The van der Waals surface area contributed by atoms with Crippen molar-refractivity contribution in [3.8, 4) is 11.8 Å². The number of hydrogen-bond donors (Lipinski definition) is 1. The lowest BCUT2D eigenvalue weighted by Gasteiger charge is -2.03. The number of carbonyl (C=O) groups excluding carboxylic acids is 1. The van der Waals surface area contributed by atoms with Gasteiger partial charge in [-0.1, -0.05) is 53.2 Å². The Bertz CT molecular complexity index is 672. The van der Waals surface area contributed by atoms with Crippen molar-refractivity contribution in [1.29, 1.82) is 0 Å². The quantitative estimate of drug-likeness (QED) is 0.841. The molecule has 4 heteroatoms. The Balaban J connectivity index is 1.95. The second-order valence-corrected chi connectivity index (χ2v) is 4.82. The van der Waals surface area contributed by atoms with Crippen molar-refractivity contribution in [1.82, 2.24) is 5.32 Å². The predicted octanol–water partition coefficient (Wildman–Crippen LogP) is 3.77. The van der Waals surface area contributed by atoms with Crippen LogP contribution in [-0.4, -0.2) is 12.5 Å². The van der Waals surface area contributed by atoms with E-state index in [0.717, 1.165) is 5.56 Å². The van der Waals surface area contributed by atoms with Gasteiger partial charge in [-0.2, -0.15) is 0 Å². The number of hydrogen-bond acceptors (Lipinski definition) is 1. The Kier molecular flexibility index (Phi) is 5.06. The number of carbonyl (C=O) groups is 1. The van der Waals surface area contributed by atoms with Gasteiger partial charge in [0, 0.05) is 10.6 Å². The first-order valence-electron chi connectivity index (χ1n) is 5.94. The van der Waals surface area contributed by atoms with Gasteiger partial charge in [0.15, 0.2) is 0 Å². The van der Waals surface area contributed by atoms with Crippen molar-refractivity contribution in [2.45, 2.75) is 0 Å². The maximum absolute atomic E-state index is 11.9. The molecule has 0 radical (unpaired) electrons. The average Bonchev–Trinajstić information content (AvgIpc) is 2.44. The van der Waals surface area contributed by atoms with Gasteiger partial charge in [-0.3, -0.25) is 4.79 Å². The van der Waals surface area contributed by atoms with Gasteiger partial charge in [0.05, 0.1) is 17.1 Å². The normalized spacial score (nSPS) is 9.50. The van der Waals surface area contributed by atoms with Crippen LogP contribution in [0.5, 0.6) is 0 Å². The lowest BCUT2D eigenvalue weighted by Crippen LogP contribution is -2.23. The first-order valence-corrected chi connectivity index (χ1v) is 6.69. The van der Waals surface area contributed by atoms with Crippen molar-refractivity contribution in [3.05, 3.63) is 69.7 Å². The Morgan fingerprint density at radius 1 is 1.10 bits per heavy atom. The molecular weight excluding hydrogens is 293 g/mol. The molecule has 100 valence electrons. The Labute approximate surface area is 127 Å². The van der Waals surface area contributed by atoms with Gasteiger partial charge in [-0.25, -0.2) is 0 Å². The van der Waals surface area contributed by atoms with E-state index in [1.807, 2.05) is 30.3 Å². The maximum atomic E-state index is 11.9. The summed E-state index contributed by atoms with van der Waals surface area (Å²) >= 11 is 11.7. The molecule has 2 aromatic rings. The van der Waals surface area contributed by atoms with E-state index >= 15 is 0 Å². The SMILES string of the molecule is O=C(NCC#Cc1ccccc1)c1ccc(Cl)cc1Cl. The van der Waals surface area contributed by atoms with E-state index in [1.165, 1.54) is 6.07 Å². The molecule has 2 nitrogen and oxygen atoms in total. The molecule has 0 aliphatic rings. The van der Waals surface area contributed by atoms with Crippen molar-refractivity contribution in [3.63, 3.8) is 0 Å². The van der Waals surface area contributed by atoms with Crippen LogP contribution in [-0.2, 0) is 0 Å². The summed E-state index contributed by atoms with van der Waals surface area (Å²) in [5.41, 5.74) is 1.30. The molecule has 2 aromatic carbocycles. The van der Waals surface area contributed by atoms with Crippen LogP contribution < -0.4 is 5.32 Å². The molecule has 1 amide bonds. The molecule has 0 atom stereocenters. The summed E-state index contributed by atoms with van der Waals surface area (Å²) in [6, 6.07) is 14.3. The van der Waals surface area contributed by atoms with Crippen LogP contribution >= 0.6 is 23.2 Å². The van der Waals surface area contributed by atoms with Gasteiger partial charge in [0.2, 0.25) is 0 Å². The Morgan fingerprint density at radius 2 is 1.85 bits per heavy atom. The Hall–Kier alpha value is -1.95. The molecule has 0 bridgehead atoms. The van der Waals surface area contributed by atoms with Crippen LogP contribution in [0.3, 0.4) is 0 Å². The zero-order chi connectivity index (χ0) is 14.4. The van der Waals surface area contributed by atoms with Crippen molar-refractivity contribution in [2.24, 2.45) is 0 Å². The van der Waals surface area contributed by atoms with E-state index in [9.17, 15) is 4.79 Å². The van der Waals surface area contributed by atoms with Crippen LogP contribution in [0.1, 0.15) is 15.9 Å². The molecule has 0 saturated heterocycles. The summed E-state index contributed by atoms with van der Waals surface area (Å²) in [7, 11) is 0. The van der Waals surface area contributed by atoms with E-state index < -0.39 is 0 Å². The van der Waals surface area contributed by atoms with Crippen molar-refractivity contribution >= 4 is 29.1 Å². The minimum Gasteiger partial charge on any atom is -0.341 e. The third-order valence-corrected chi connectivity index (χ3v) is 3.07. The van der Waals surface area contributed by atoms with Gasteiger partial charge in [-0.15, -0.1) is 0 Å². The summed E-state index contributed by atoms with van der Waals surface area (Å²) in [6.45, 7) is 0.257. The van der Waals surface area contributed by atoms with Crippen LogP contribution in [0, 0.1) is 11.8 Å². The van der Waals surface area contributed by atoms with E-state index in [4.69, 9.17) is 23.2 Å². The first kappa shape index (κ1) is 14.5. The largest absolute Gasteiger partial charge is 0.341 e. The first-order chi connectivity index (χ1) is 9.66. The molecule has 0 fully saturated rings. The van der Waals surface area contributed by atoms with E-state index in [0.29, 0.717) is 15.6 Å². The number of benzene rings is 2. The molecule has 1 N–H and O–H groups in total. The molecule has 0 aromatic heterocycles. The lowest BCUT2D eigenvalue weighted by atomic mass is 10.2. The van der Waals surface area contributed by atoms with Crippen LogP contribution in [0.15, 0.2) is 48.5 Å². The highest BCUT2D eigenvalue weighted by molar-refractivity contribution is 6.36. The predicted molar refractivity (Wildman–Crippen MR) is 82.1 cm³/mol.